The Balaban J connectivity index is 1.51. The molecule has 1 atom stereocenters. The molecule has 4 rings (SSSR count). The van der Waals surface area contributed by atoms with Gasteiger partial charge in [-0.25, -0.2) is 9.97 Å². The van der Waals surface area contributed by atoms with Crippen LogP contribution in [0.15, 0.2) is 43.1 Å². The summed E-state index contributed by atoms with van der Waals surface area (Å²) < 4.78 is 8.30. The quantitative estimate of drug-likeness (QED) is 0.653. The summed E-state index contributed by atoms with van der Waals surface area (Å²) in [7, 11) is 0. The Hall–Kier alpha value is -2.80. The maximum absolute atomic E-state index is 6.10. The smallest absolute Gasteiger partial charge is 0.241 e. The molecule has 0 unspecified atom stereocenters. The summed E-state index contributed by atoms with van der Waals surface area (Å²) in [6.07, 6.45) is 11.3. The molecule has 0 bridgehead atoms. The number of aromatic nitrogens is 5. The molecule has 0 radical (unpaired) electrons. The molecular weight excluding hydrogens is 352 g/mol. The summed E-state index contributed by atoms with van der Waals surface area (Å²) in [5.74, 6) is 2.71. The van der Waals surface area contributed by atoms with Crippen molar-refractivity contribution in [2.45, 2.75) is 45.7 Å². The zero-order valence-electron chi connectivity index (χ0n) is 16.5. The molecule has 28 heavy (non-hydrogen) atoms. The number of pyridine rings is 1. The van der Waals surface area contributed by atoms with E-state index >= 15 is 0 Å². The van der Waals surface area contributed by atoms with E-state index in [1.54, 1.807) is 18.6 Å². The highest BCUT2D eigenvalue weighted by atomic mass is 16.5. The van der Waals surface area contributed by atoms with Crippen LogP contribution in [0.25, 0.3) is 0 Å². The molecule has 1 saturated heterocycles. The van der Waals surface area contributed by atoms with E-state index in [-0.39, 0.29) is 0 Å². The van der Waals surface area contributed by atoms with E-state index in [2.05, 4.69) is 36.3 Å². The fraction of sp³-hybridized carbons (Fsp3) is 0.429. The van der Waals surface area contributed by atoms with Crippen LogP contribution in [-0.4, -0.2) is 42.5 Å². The fourth-order valence-corrected chi connectivity index (χ4v) is 3.78. The van der Waals surface area contributed by atoms with Gasteiger partial charge in [-0.2, -0.15) is 0 Å². The highest BCUT2D eigenvalue weighted by Crippen LogP contribution is 2.33. The molecule has 7 nitrogen and oxygen atoms in total. The maximum atomic E-state index is 6.10. The number of imidazole rings is 1. The van der Waals surface area contributed by atoms with E-state index in [1.165, 1.54) is 0 Å². The highest BCUT2D eigenvalue weighted by molar-refractivity contribution is 5.33. The summed E-state index contributed by atoms with van der Waals surface area (Å²) in [4.78, 5) is 20.4. The minimum Gasteiger partial charge on any atom is -0.435 e. The van der Waals surface area contributed by atoms with Gasteiger partial charge in [0.25, 0.3) is 0 Å². The number of rotatable bonds is 6. The third kappa shape index (κ3) is 4.04. The Morgan fingerprint density at radius 2 is 2.00 bits per heavy atom. The molecule has 0 spiro atoms. The van der Waals surface area contributed by atoms with Crippen LogP contribution in [0.2, 0.25) is 0 Å². The summed E-state index contributed by atoms with van der Waals surface area (Å²) in [5, 5.41) is 0. The molecule has 0 amide bonds. The molecule has 1 aliphatic heterocycles. The van der Waals surface area contributed by atoms with Gasteiger partial charge < -0.3 is 9.30 Å². The normalized spacial score (nSPS) is 17.6. The van der Waals surface area contributed by atoms with Gasteiger partial charge in [-0.15, -0.1) is 0 Å². The molecule has 0 N–H and O–H groups in total. The molecule has 0 aromatic carbocycles. The van der Waals surface area contributed by atoms with Gasteiger partial charge in [0, 0.05) is 50.0 Å². The summed E-state index contributed by atoms with van der Waals surface area (Å²) in [5.41, 5.74) is 1.77. The van der Waals surface area contributed by atoms with Gasteiger partial charge in [0.05, 0.1) is 12.2 Å². The van der Waals surface area contributed by atoms with Gasteiger partial charge in [0.1, 0.15) is 11.5 Å². The van der Waals surface area contributed by atoms with Gasteiger partial charge in [-0.3, -0.25) is 14.9 Å². The minimum absolute atomic E-state index is 0.291. The van der Waals surface area contributed by atoms with E-state index in [9.17, 15) is 0 Å². The van der Waals surface area contributed by atoms with Crippen LogP contribution in [0.4, 0.5) is 0 Å². The number of nitrogens with zero attached hydrogens (tertiary/aromatic N) is 6. The molecule has 4 heterocycles. The predicted molar refractivity (Wildman–Crippen MR) is 106 cm³/mol. The van der Waals surface area contributed by atoms with Crippen LogP contribution in [0.5, 0.6) is 11.6 Å². The standard InChI is InChI=1S/C21H26N6O/c1-3-27-13-11-23-19(27)15-26-12-5-6-17(14-26)20-21(25-10-9-24-20)28-18-7-4-8-22-16(18)2/h4,7-11,13,17H,3,5-6,12,14-15H2,1-2H3/t17-/m0/s1. The topological polar surface area (TPSA) is 69.0 Å². The number of aryl methyl sites for hydroxylation is 2. The maximum Gasteiger partial charge on any atom is 0.241 e. The molecule has 146 valence electrons. The first-order valence-corrected chi connectivity index (χ1v) is 9.87. The minimum atomic E-state index is 0.291. The van der Waals surface area contributed by atoms with Crippen molar-refractivity contribution in [3.63, 3.8) is 0 Å². The van der Waals surface area contributed by atoms with E-state index < -0.39 is 0 Å². The Morgan fingerprint density at radius 3 is 2.86 bits per heavy atom. The zero-order chi connectivity index (χ0) is 19.3. The van der Waals surface area contributed by atoms with Crippen molar-refractivity contribution in [2.24, 2.45) is 0 Å². The number of hydrogen-bond donors (Lipinski definition) is 0. The van der Waals surface area contributed by atoms with Gasteiger partial charge >= 0.3 is 0 Å². The van der Waals surface area contributed by atoms with Gasteiger partial charge in [0.2, 0.25) is 5.88 Å². The number of ether oxygens (including phenoxy) is 1. The van der Waals surface area contributed by atoms with E-state index in [0.29, 0.717) is 11.8 Å². The van der Waals surface area contributed by atoms with Crippen LogP contribution in [0.3, 0.4) is 0 Å². The lowest BCUT2D eigenvalue weighted by molar-refractivity contribution is 0.190. The lowest BCUT2D eigenvalue weighted by Crippen LogP contribution is -2.35. The molecule has 1 aliphatic rings. The Bertz CT molecular complexity index is 925. The van der Waals surface area contributed by atoms with Crippen LogP contribution < -0.4 is 4.74 Å². The van der Waals surface area contributed by atoms with Gasteiger partial charge in [0.15, 0.2) is 5.75 Å². The summed E-state index contributed by atoms with van der Waals surface area (Å²) in [6, 6.07) is 3.79. The molecular formula is C21H26N6O. The van der Waals surface area contributed by atoms with Crippen molar-refractivity contribution < 1.29 is 4.74 Å². The first kappa shape index (κ1) is 18.6. The van der Waals surface area contributed by atoms with Crippen molar-refractivity contribution in [1.82, 2.24) is 29.4 Å². The van der Waals surface area contributed by atoms with Crippen molar-refractivity contribution in [3.05, 3.63) is 60.3 Å². The first-order valence-electron chi connectivity index (χ1n) is 9.87. The molecule has 0 aliphatic carbocycles. The molecule has 7 heteroatoms. The fourth-order valence-electron chi connectivity index (χ4n) is 3.78. The number of hydrogen-bond acceptors (Lipinski definition) is 6. The highest BCUT2D eigenvalue weighted by Gasteiger charge is 2.26. The predicted octanol–water partition coefficient (Wildman–Crippen LogP) is 3.57. The third-order valence-electron chi connectivity index (χ3n) is 5.26. The first-order chi connectivity index (χ1) is 13.7. The SMILES string of the molecule is CCn1ccnc1CN1CCC[C@H](c2nccnc2Oc2cccnc2C)C1. The lowest BCUT2D eigenvalue weighted by atomic mass is 9.94. The van der Waals surface area contributed by atoms with E-state index in [0.717, 1.165) is 62.0 Å². The number of piperidine rings is 1. The molecule has 1 fully saturated rings. The Labute approximate surface area is 165 Å². The van der Waals surface area contributed by atoms with Crippen LogP contribution >= 0.6 is 0 Å². The van der Waals surface area contributed by atoms with Crippen LogP contribution in [-0.2, 0) is 13.1 Å². The summed E-state index contributed by atoms with van der Waals surface area (Å²) in [6.45, 7) is 7.88. The molecule has 3 aromatic heterocycles. The summed E-state index contributed by atoms with van der Waals surface area (Å²) >= 11 is 0. The van der Waals surface area contributed by atoms with Crippen molar-refractivity contribution in [2.75, 3.05) is 13.1 Å². The molecule has 0 saturated carbocycles. The van der Waals surface area contributed by atoms with E-state index in [4.69, 9.17) is 4.74 Å². The zero-order valence-corrected chi connectivity index (χ0v) is 16.5. The van der Waals surface area contributed by atoms with E-state index in [1.807, 2.05) is 31.5 Å². The largest absolute Gasteiger partial charge is 0.435 e. The van der Waals surface area contributed by atoms with Crippen LogP contribution in [0, 0.1) is 6.92 Å². The van der Waals surface area contributed by atoms with Gasteiger partial charge in [-0.1, -0.05) is 0 Å². The van der Waals surface area contributed by atoms with Crippen molar-refractivity contribution >= 4 is 0 Å². The second-order valence-electron chi connectivity index (χ2n) is 7.14. The van der Waals surface area contributed by atoms with Gasteiger partial charge in [-0.05, 0) is 45.4 Å². The lowest BCUT2D eigenvalue weighted by Gasteiger charge is -2.32. The second kappa shape index (κ2) is 8.48. The molecule has 3 aromatic rings. The van der Waals surface area contributed by atoms with Crippen molar-refractivity contribution in [3.8, 4) is 11.6 Å². The number of likely N-dealkylation sites (tertiary alicyclic amines) is 1. The monoisotopic (exact) mass is 378 g/mol. The average Bonchev–Trinajstić information content (AvgIpc) is 3.17. The average molecular weight is 378 g/mol. The van der Waals surface area contributed by atoms with Crippen LogP contribution in [0.1, 0.15) is 42.9 Å². The van der Waals surface area contributed by atoms with Crippen molar-refractivity contribution in [1.29, 1.82) is 0 Å². The second-order valence-corrected chi connectivity index (χ2v) is 7.14. The third-order valence-corrected chi connectivity index (χ3v) is 5.26. The Morgan fingerprint density at radius 1 is 1.11 bits per heavy atom. The Kier molecular flexibility index (Phi) is 5.62.